The number of amides is 1. The molecule has 1 aromatic heterocycles. The van der Waals surface area contributed by atoms with Crippen LogP contribution in [0.4, 0.5) is 5.69 Å². The molecule has 0 saturated carbocycles. The molecule has 1 aliphatic heterocycles. The maximum absolute atomic E-state index is 13.0. The molecule has 0 N–H and O–H groups in total. The number of hydrogen-bond acceptors (Lipinski definition) is 6. The molecular weight excluding hydrogens is 350 g/mol. The van der Waals surface area contributed by atoms with Crippen LogP contribution in [0.15, 0.2) is 63.9 Å². The zero-order chi connectivity index (χ0) is 19.6. The number of allylic oxidation sites excluding steroid dienone is 1. The number of carbonyl (C=O) groups excluding carboxylic acids is 3. The van der Waals surface area contributed by atoms with E-state index in [-0.39, 0.29) is 11.1 Å². The van der Waals surface area contributed by atoms with Gasteiger partial charge in [-0.05, 0) is 49.4 Å². The minimum Gasteiger partial charge on any atom is -0.465 e. The number of hydrogen-bond donors (Lipinski definition) is 0. The molecule has 0 aliphatic carbocycles. The Bertz CT molecular complexity index is 951. The largest absolute Gasteiger partial charge is 0.465 e. The smallest absolute Gasteiger partial charge is 0.340 e. The first kappa shape index (κ1) is 18.2. The molecule has 0 saturated heterocycles. The molecular formula is C20H17NO6. The second-order valence-electron chi connectivity index (χ2n) is 5.70. The predicted molar refractivity (Wildman–Crippen MR) is 96.7 cm³/mol. The van der Waals surface area contributed by atoms with Gasteiger partial charge in [-0.3, -0.25) is 9.69 Å². The van der Waals surface area contributed by atoms with Crippen LogP contribution in [-0.4, -0.2) is 32.1 Å². The Labute approximate surface area is 155 Å². The van der Waals surface area contributed by atoms with Gasteiger partial charge in [0.25, 0.3) is 5.91 Å². The highest BCUT2D eigenvalue weighted by Crippen LogP contribution is 2.35. The van der Waals surface area contributed by atoms with E-state index in [4.69, 9.17) is 9.15 Å². The van der Waals surface area contributed by atoms with E-state index in [9.17, 15) is 14.4 Å². The minimum absolute atomic E-state index is 0.163. The summed E-state index contributed by atoms with van der Waals surface area (Å²) in [5, 5.41) is 0. The lowest BCUT2D eigenvalue weighted by Crippen LogP contribution is -2.24. The van der Waals surface area contributed by atoms with E-state index in [1.54, 1.807) is 43.3 Å². The van der Waals surface area contributed by atoms with Crippen molar-refractivity contribution in [3.8, 4) is 0 Å². The van der Waals surface area contributed by atoms with Gasteiger partial charge < -0.3 is 13.9 Å². The van der Waals surface area contributed by atoms with Crippen molar-refractivity contribution in [2.75, 3.05) is 19.1 Å². The standard InChI is InChI=1S/C20H17NO6/c1-12-17(20(24)26-3)16(11-15-5-4-10-27-15)18(22)21(12)14-8-6-13(7-9-14)19(23)25-2/h4-11H,1-3H3/b16-11-. The average Bonchev–Trinajstić information content (AvgIpc) is 3.28. The fourth-order valence-corrected chi connectivity index (χ4v) is 2.87. The lowest BCUT2D eigenvalue weighted by molar-refractivity contribution is -0.136. The number of nitrogens with zero attached hydrogens (tertiary/aromatic N) is 1. The summed E-state index contributed by atoms with van der Waals surface area (Å²) in [6.45, 7) is 1.65. The van der Waals surface area contributed by atoms with Crippen molar-refractivity contribution in [2.24, 2.45) is 0 Å². The van der Waals surface area contributed by atoms with Gasteiger partial charge in [0.05, 0.1) is 37.2 Å². The molecule has 138 valence electrons. The van der Waals surface area contributed by atoms with Gasteiger partial charge in [-0.1, -0.05) is 0 Å². The molecule has 2 aromatic rings. The number of rotatable bonds is 4. The number of methoxy groups -OCH3 is 2. The SMILES string of the molecule is COC(=O)C1=C(C)N(c2ccc(C(=O)OC)cc2)C(=O)/C1=C\c1ccco1. The van der Waals surface area contributed by atoms with Gasteiger partial charge in [0.2, 0.25) is 0 Å². The Balaban J connectivity index is 2.06. The third-order valence-electron chi connectivity index (χ3n) is 4.17. The van der Waals surface area contributed by atoms with Crippen LogP contribution in [0.25, 0.3) is 6.08 Å². The molecule has 7 heteroatoms. The highest BCUT2D eigenvalue weighted by molar-refractivity contribution is 6.23. The fraction of sp³-hybridized carbons (Fsp3) is 0.150. The monoisotopic (exact) mass is 367 g/mol. The Kier molecular flexibility index (Phi) is 4.94. The van der Waals surface area contributed by atoms with Crippen LogP contribution in [-0.2, 0) is 19.1 Å². The predicted octanol–water partition coefficient (Wildman–Crippen LogP) is 2.94. The lowest BCUT2D eigenvalue weighted by atomic mass is 10.1. The number of ether oxygens (including phenoxy) is 2. The highest BCUT2D eigenvalue weighted by atomic mass is 16.5. The summed E-state index contributed by atoms with van der Waals surface area (Å²) < 4.78 is 14.8. The molecule has 27 heavy (non-hydrogen) atoms. The minimum atomic E-state index is -0.618. The summed E-state index contributed by atoms with van der Waals surface area (Å²) in [6, 6.07) is 9.68. The molecule has 0 bridgehead atoms. The van der Waals surface area contributed by atoms with Crippen LogP contribution in [0, 0.1) is 0 Å². The molecule has 3 rings (SSSR count). The van der Waals surface area contributed by atoms with Crippen molar-refractivity contribution in [2.45, 2.75) is 6.92 Å². The summed E-state index contributed by atoms with van der Waals surface area (Å²) in [5.74, 6) is -1.05. The zero-order valence-corrected chi connectivity index (χ0v) is 15.0. The molecule has 1 aliphatic rings. The van der Waals surface area contributed by atoms with E-state index in [0.29, 0.717) is 22.7 Å². The van der Waals surface area contributed by atoms with Gasteiger partial charge in [-0.2, -0.15) is 0 Å². The topological polar surface area (TPSA) is 86.0 Å². The molecule has 0 atom stereocenters. The van der Waals surface area contributed by atoms with Crippen molar-refractivity contribution < 1.29 is 28.3 Å². The zero-order valence-electron chi connectivity index (χ0n) is 15.0. The average molecular weight is 367 g/mol. The number of furan rings is 1. The van der Waals surface area contributed by atoms with Crippen LogP contribution >= 0.6 is 0 Å². The summed E-state index contributed by atoms with van der Waals surface area (Å²) in [7, 11) is 2.55. The van der Waals surface area contributed by atoms with E-state index in [1.807, 2.05) is 0 Å². The Morgan fingerprint density at radius 1 is 1.04 bits per heavy atom. The van der Waals surface area contributed by atoms with E-state index >= 15 is 0 Å². The van der Waals surface area contributed by atoms with Gasteiger partial charge in [0, 0.05) is 11.4 Å². The summed E-state index contributed by atoms with van der Waals surface area (Å²) in [4.78, 5) is 38.3. The van der Waals surface area contributed by atoms with Crippen LogP contribution in [0.2, 0.25) is 0 Å². The van der Waals surface area contributed by atoms with Crippen LogP contribution in [0.3, 0.4) is 0 Å². The first-order chi connectivity index (χ1) is 13.0. The molecule has 0 spiro atoms. The van der Waals surface area contributed by atoms with E-state index in [2.05, 4.69) is 4.74 Å². The summed E-state index contributed by atoms with van der Waals surface area (Å²) in [5.41, 5.74) is 1.63. The third-order valence-corrected chi connectivity index (χ3v) is 4.17. The number of benzene rings is 1. The van der Waals surface area contributed by atoms with Crippen LogP contribution in [0.5, 0.6) is 0 Å². The van der Waals surface area contributed by atoms with Gasteiger partial charge in [0.1, 0.15) is 5.76 Å². The van der Waals surface area contributed by atoms with Crippen molar-refractivity contribution >= 4 is 29.6 Å². The molecule has 1 aromatic carbocycles. The normalized spacial score (nSPS) is 15.4. The highest BCUT2D eigenvalue weighted by Gasteiger charge is 2.38. The Hall–Kier alpha value is -3.61. The first-order valence-corrected chi connectivity index (χ1v) is 8.05. The third kappa shape index (κ3) is 3.27. The molecule has 1 amide bonds. The van der Waals surface area contributed by atoms with Gasteiger partial charge in [0.15, 0.2) is 0 Å². The quantitative estimate of drug-likeness (QED) is 0.610. The molecule has 7 nitrogen and oxygen atoms in total. The maximum Gasteiger partial charge on any atom is 0.340 e. The maximum atomic E-state index is 13.0. The lowest BCUT2D eigenvalue weighted by Gasteiger charge is -2.18. The van der Waals surface area contributed by atoms with Crippen molar-refractivity contribution in [3.05, 3.63) is 70.8 Å². The molecule has 0 radical (unpaired) electrons. The van der Waals surface area contributed by atoms with Crippen molar-refractivity contribution in [1.82, 2.24) is 0 Å². The van der Waals surface area contributed by atoms with Crippen LogP contribution in [0.1, 0.15) is 23.0 Å². The number of esters is 2. The Morgan fingerprint density at radius 2 is 1.70 bits per heavy atom. The molecule has 0 unspecified atom stereocenters. The molecule has 0 fully saturated rings. The number of anilines is 1. The second-order valence-corrected chi connectivity index (χ2v) is 5.70. The summed E-state index contributed by atoms with van der Waals surface area (Å²) in [6.07, 6.45) is 2.98. The number of carbonyl (C=O) groups is 3. The van der Waals surface area contributed by atoms with E-state index in [0.717, 1.165) is 0 Å². The Morgan fingerprint density at radius 3 is 2.26 bits per heavy atom. The van der Waals surface area contributed by atoms with Crippen molar-refractivity contribution in [1.29, 1.82) is 0 Å². The van der Waals surface area contributed by atoms with E-state index < -0.39 is 17.8 Å². The van der Waals surface area contributed by atoms with Crippen molar-refractivity contribution in [3.63, 3.8) is 0 Å². The van der Waals surface area contributed by atoms with Gasteiger partial charge in [-0.15, -0.1) is 0 Å². The summed E-state index contributed by atoms with van der Waals surface area (Å²) >= 11 is 0. The van der Waals surface area contributed by atoms with Gasteiger partial charge in [-0.25, -0.2) is 9.59 Å². The second kappa shape index (κ2) is 7.33. The van der Waals surface area contributed by atoms with Gasteiger partial charge >= 0.3 is 11.9 Å². The molecule has 2 heterocycles. The van der Waals surface area contributed by atoms with Crippen LogP contribution < -0.4 is 4.90 Å². The fourth-order valence-electron chi connectivity index (χ4n) is 2.87. The first-order valence-electron chi connectivity index (χ1n) is 8.05. The van der Waals surface area contributed by atoms with E-state index in [1.165, 1.54) is 31.5 Å².